The summed E-state index contributed by atoms with van der Waals surface area (Å²) in [4.78, 5) is 23.9. The van der Waals surface area contributed by atoms with E-state index in [0.717, 1.165) is 18.5 Å². The average Bonchev–Trinajstić information content (AvgIpc) is 2.86. The minimum absolute atomic E-state index is 0.105. The van der Waals surface area contributed by atoms with Gasteiger partial charge < -0.3 is 14.8 Å². The van der Waals surface area contributed by atoms with Crippen molar-refractivity contribution in [1.29, 1.82) is 0 Å². The monoisotopic (exact) mass is 273 g/mol. The first-order chi connectivity index (χ1) is 9.69. The molecule has 0 radical (unpaired) electrons. The molecule has 5 heteroatoms. The van der Waals surface area contributed by atoms with E-state index in [4.69, 9.17) is 9.47 Å². The van der Waals surface area contributed by atoms with Crippen LogP contribution in [-0.4, -0.2) is 17.7 Å². The van der Waals surface area contributed by atoms with E-state index in [9.17, 15) is 9.59 Å². The smallest absolute Gasteiger partial charge is 0.350 e. The summed E-state index contributed by atoms with van der Waals surface area (Å²) in [5.74, 6) is -2.25. The maximum atomic E-state index is 12.0. The van der Waals surface area contributed by atoms with Crippen molar-refractivity contribution in [1.82, 2.24) is 0 Å². The Morgan fingerprint density at radius 1 is 1.00 bits per heavy atom. The van der Waals surface area contributed by atoms with Gasteiger partial charge in [0.1, 0.15) is 0 Å². The highest BCUT2D eigenvalue weighted by Crippen LogP contribution is 2.38. The molecule has 0 bridgehead atoms. The second-order valence-electron chi connectivity index (χ2n) is 4.97. The first-order valence-electron chi connectivity index (χ1n) is 6.67. The molecule has 0 aromatic heterocycles. The SMILES string of the molecule is O=C1OC2(CCCC2)OC(=O)C1=CNc1ccccc1. The lowest BCUT2D eigenvalue weighted by molar-refractivity contribution is -0.232. The van der Waals surface area contributed by atoms with E-state index in [1.165, 1.54) is 6.20 Å². The van der Waals surface area contributed by atoms with Crippen LogP contribution >= 0.6 is 0 Å². The number of esters is 2. The zero-order valence-corrected chi connectivity index (χ0v) is 10.9. The van der Waals surface area contributed by atoms with Crippen LogP contribution in [0.15, 0.2) is 42.1 Å². The lowest BCUT2D eigenvalue weighted by Crippen LogP contribution is -2.44. The van der Waals surface area contributed by atoms with Crippen LogP contribution in [0.1, 0.15) is 25.7 Å². The molecule has 1 N–H and O–H groups in total. The Morgan fingerprint density at radius 2 is 1.60 bits per heavy atom. The largest absolute Gasteiger partial charge is 0.419 e. The first-order valence-corrected chi connectivity index (χ1v) is 6.67. The molecule has 2 aliphatic rings. The molecule has 1 aromatic carbocycles. The Bertz CT molecular complexity index is 536. The number of hydrogen-bond acceptors (Lipinski definition) is 5. The van der Waals surface area contributed by atoms with Gasteiger partial charge in [-0.2, -0.15) is 0 Å². The van der Waals surface area contributed by atoms with Crippen LogP contribution in [0.2, 0.25) is 0 Å². The number of rotatable bonds is 2. The Kier molecular flexibility index (Phi) is 3.18. The van der Waals surface area contributed by atoms with Crippen LogP contribution in [0, 0.1) is 0 Å². The van der Waals surface area contributed by atoms with Crippen LogP contribution in [0.5, 0.6) is 0 Å². The highest BCUT2D eigenvalue weighted by Gasteiger charge is 2.47. The van der Waals surface area contributed by atoms with E-state index in [-0.39, 0.29) is 5.57 Å². The third-order valence-electron chi connectivity index (χ3n) is 3.52. The molecule has 1 saturated heterocycles. The number of benzene rings is 1. The third-order valence-corrected chi connectivity index (χ3v) is 3.52. The molecule has 20 heavy (non-hydrogen) atoms. The summed E-state index contributed by atoms with van der Waals surface area (Å²) in [5.41, 5.74) is 0.674. The van der Waals surface area contributed by atoms with Crippen molar-refractivity contribution in [2.24, 2.45) is 0 Å². The highest BCUT2D eigenvalue weighted by molar-refractivity contribution is 6.15. The van der Waals surface area contributed by atoms with Gasteiger partial charge in [0.25, 0.3) is 5.79 Å². The summed E-state index contributed by atoms with van der Waals surface area (Å²) < 4.78 is 10.6. The molecule has 1 aliphatic carbocycles. The van der Waals surface area contributed by atoms with Gasteiger partial charge in [-0.25, -0.2) is 9.59 Å². The maximum absolute atomic E-state index is 12.0. The Hall–Kier alpha value is -2.30. The number of anilines is 1. The zero-order chi connectivity index (χ0) is 14.0. The van der Waals surface area contributed by atoms with Crippen LogP contribution in [0.4, 0.5) is 5.69 Å². The fraction of sp³-hybridized carbons (Fsp3) is 0.333. The van der Waals surface area contributed by atoms with Gasteiger partial charge in [0.15, 0.2) is 5.57 Å². The molecule has 0 atom stereocenters. The van der Waals surface area contributed by atoms with E-state index in [1.807, 2.05) is 30.3 Å². The van der Waals surface area contributed by atoms with Gasteiger partial charge in [0.2, 0.25) is 0 Å². The van der Waals surface area contributed by atoms with Crippen LogP contribution < -0.4 is 5.32 Å². The van der Waals surface area contributed by atoms with Crippen molar-refractivity contribution < 1.29 is 19.1 Å². The summed E-state index contributed by atoms with van der Waals surface area (Å²) in [6, 6.07) is 9.24. The lowest BCUT2D eigenvalue weighted by Gasteiger charge is -2.32. The predicted molar refractivity (Wildman–Crippen MR) is 71.5 cm³/mol. The molecule has 1 aliphatic heterocycles. The molecule has 5 nitrogen and oxygen atoms in total. The Morgan fingerprint density at radius 3 is 2.20 bits per heavy atom. The van der Waals surface area contributed by atoms with E-state index >= 15 is 0 Å². The molecule has 3 rings (SSSR count). The van der Waals surface area contributed by atoms with Crippen molar-refractivity contribution in [3.63, 3.8) is 0 Å². The first kappa shape index (κ1) is 12.7. The topological polar surface area (TPSA) is 64.6 Å². The van der Waals surface area contributed by atoms with Crippen LogP contribution in [-0.2, 0) is 19.1 Å². The summed E-state index contributed by atoms with van der Waals surface area (Å²) >= 11 is 0. The van der Waals surface area contributed by atoms with Crippen LogP contribution in [0.3, 0.4) is 0 Å². The van der Waals surface area contributed by atoms with Gasteiger partial charge in [0.05, 0.1) is 0 Å². The van der Waals surface area contributed by atoms with Gasteiger partial charge >= 0.3 is 11.9 Å². The number of hydrogen-bond donors (Lipinski definition) is 1. The van der Waals surface area contributed by atoms with Gasteiger partial charge in [-0.3, -0.25) is 0 Å². The third kappa shape index (κ3) is 2.39. The second kappa shape index (κ2) is 5.00. The van der Waals surface area contributed by atoms with Crippen molar-refractivity contribution >= 4 is 17.6 Å². The van der Waals surface area contributed by atoms with Gasteiger partial charge in [-0.1, -0.05) is 18.2 Å². The number of ether oxygens (including phenoxy) is 2. The fourth-order valence-electron chi connectivity index (χ4n) is 2.48. The average molecular weight is 273 g/mol. The molecule has 1 aromatic rings. The molecule has 0 amide bonds. The van der Waals surface area contributed by atoms with Gasteiger partial charge in [-0.15, -0.1) is 0 Å². The van der Waals surface area contributed by atoms with Crippen molar-refractivity contribution in [3.05, 3.63) is 42.1 Å². The molecule has 1 saturated carbocycles. The van der Waals surface area contributed by atoms with Crippen molar-refractivity contribution in [2.75, 3.05) is 5.32 Å². The minimum Gasteiger partial charge on any atom is -0.419 e. The van der Waals surface area contributed by atoms with E-state index in [0.29, 0.717) is 12.8 Å². The zero-order valence-electron chi connectivity index (χ0n) is 10.9. The minimum atomic E-state index is -1.02. The van der Waals surface area contributed by atoms with Gasteiger partial charge in [-0.05, 0) is 25.0 Å². The summed E-state index contributed by atoms with van der Waals surface area (Å²) in [6.07, 6.45) is 4.32. The normalized spacial score (nSPS) is 20.5. The molecule has 104 valence electrons. The van der Waals surface area contributed by atoms with Crippen molar-refractivity contribution in [2.45, 2.75) is 31.5 Å². The molecule has 1 spiro atoms. The summed E-state index contributed by atoms with van der Waals surface area (Å²) in [6.45, 7) is 0. The van der Waals surface area contributed by atoms with Crippen LogP contribution in [0.25, 0.3) is 0 Å². The highest BCUT2D eigenvalue weighted by atomic mass is 16.7. The maximum Gasteiger partial charge on any atom is 0.350 e. The fourth-order valence-corrected chi connectivity index (χ4v) is 2.48. The standard InChI is InChI=1S/C15H15NO4/c17-13-12(10-16-11-6-2-1-3-7-11)14(18)20-15(19-13)8-4-5-9-15/h1-3,6-7,10,16H,4-5,8-9H2. The Labute approximate surface area is 116 Å². The van der Waals surface area contributed by atoms with Gasteiger partial charge in [0, 0.05) is 24.7 Å². The number of nitrogens with one attached hydrogen (secondary N) is 1. The molecule has 2 fully saturated rings. The van der Waals surface area contributed by atoms with E-state index in [1.54, 1.807) is 0 Å². The van der Waals surface area contributed by atoms with E-state index < -0.39 is 17.7 Å². The second-order valence-corrected chi connectivity index (χ2v) is 4.97. The van der Waals surface area contributed by atoms with E-state index in [2.05, 4.69) is 5.32 Å². The van der Waals surface area contributed by atoms with Crippen molar-refractivity contribution in [3.8, 4) is 0 Å². The summed E-state index contributed by atoms with van der Waals surface area (Å²) in [5, 5.41) is 2.89. The Balaban J connectivity index is 1.74. The number of carbonyl (C=O) groups is 2. The molecular weight excluding hydrogens is 258 g/mol. The molecular formula is C15H15NO4. The predicted octanol–water partition coefficient (Wildman–Crippen LogP) is 2.35. The number of carbonyl (C=O) groups excluding carboxylic acids is 2. The lowest BCUT2D eigenvalue weighted by atomic mass is 10.1. The molecule has 0 unspecified atom stereocenters. The number of para-hydroxylation sites is 1. The quantitative estimate of drug-likeness (QED) is 0.509. The summed E-state index contributed by atoms with van der Waals surface area (Å²) in [7, 11) is 0. The molecule has 1 heterocycles.